The van der Waals surface area contributed by atoms with Gasteiger partial charge < -0.3 is 4.74 Å². The van der Waals surface area contributed by atoms with Gasteiger partial charge >= 0.3 is 5.97 Å². The molecule has 0 aliphatic heterocycles. The van der Waals surface area contributed by atoms with Crippen molar-refractivity contribution in [2.45, 2.75) is 30.2 Å². The van der Waals surface area contributed by atoms with Crippen LogP contribution >= 0.6 is 35.0 Å². The van der Waals surface area contributed by atoms with Crippen molar-refractivity contribution < 1.29 is 13.9 Å². The molecule has 170 valence electrons. The molecule has 0 N–H and O–H groups in total. The Morgan fingerprint density at radius 3 is 2.79 bits per heavy atom. The summed E-state index contributed by atoms with van der Waals surface area (Å²) in [6.45, 7) is 1.90. The van der Waals surface area contributed by atoms with Gasteiger partial charge in [-0.3, -0.25) is 4.79 Å². The van der Waals surface area contributed by atoms with Crippen LogP contribution < -0.4 is 0 Å². The minimum atomic E-state index is -0.850. The number of esters is 1. The van der Waals surface area contributed by atoms with Crippen LogP contribution in [0.3, 0.4) is 0 Å². The molecule has 0 bridgehead atoms. The maximum absolute atomic E-state index is 14.5. The van der Waals surface area contributed by atoms with Crippen LogP contribution in [-0.4, -0.2) is 32.2 Å². The van der Waals surface area contributed by atoms with Crippen LogP contribution in [0.1, 0.15) is 29.7 Å². The first-order valence-corrected chi connectivity index (χ1v) is 11.9. The lowest BCUT2D eigenvalue weighted by Gasteiger charge is -2.17. The molecule has 2 heterocycles. The Labute approximate surface area is 204 Å². The summed E-state index contributed by atoms with van der Waals surface area (Å²) in [7, 11) is 0. The van der Waals surface area contributed by atoms with Crippen molar-refractivity contribution in [2.24, 2.45) is 0 Å². The Morgan fingerprint density at radius 2 is 2.03 bits per heavy atom. The van der Waals surface area contributed by atoms with Crippen LogP contribution in [0.4, 0.5) is 4.39 Å². The summed E-state index contributed by atoms with van der Waals surface area (Å²) in [5.41, 5.74) is 1.75. The highest BCUT2D eigenvalue weighted by Gasteiger charge is 2.28. The third-order valence-corrected chi connectivity index (χ3v) is 6.40. The van der Waals surface area contributed by atoms with Crippen molar-refractivity contribution >= 4 is 46.7 Å². The second-order valence-electron chi connectivity index (χ2n) is 7.10. The lowest BCUT2D eigenvalue weighted by Crippen LogP contribution is -2.22. The summed E-state index contributed by atoms with van der Waals surface area (Å²) in [5.74, 6) is -0.905. The number of rotatable bonds is 8. The number of fused-ring (bicyclic) bond motifs is 1. The van der Waals surface area contributed by atoms with E-state index in [1.807, 2.05) is 24.3 Å². The molecule has 0 aliphatic rings. The van der Waals surface area contributed by atoms with Crippen molar-refractivity contribution in [3.05, 3.63) is 87.4 Å². The van der Waals surface area contributed by atoms with Crippen LogP contribution in [0.5, 0.6) is 0 Å². The average molecular weight is 505 g/mol. The molecule has 0 saturated heterocycles. The van der Waals surface area contributed by atoms with E-state index in [1.165, 1.54) is 28.4 Å². The number of ether oxygens (including phenoxy) is 1. The molecular formula is C23H19Cl2FN4O2S. The molecule has 10 heteroatoms. The molecule has 6 nitrogen and oxygen atoms in total. The van der Waals surface area contributed by atoms with Gasteiger partial charge in [0, 0.05) is 27.6 Å². The van der Waals surface area contributed by atoms with E-state index in [4.69, 9.17) is 27.9 Å². The minimum Gasteiger partial charge on any atom is -0.465 e. The Bertz CT molecular complexity index is 1280. The van der Waals surface area contributed by atoms with Gasteiger partial charge in [0.2, 0.25) is 5.16 Å². The number of thioether (sulfide) groups is 1. The number of nitrogens with zero attached hydrogens (tertiary/aromatic N) is 4. The Hall–Kier alpha value is -2.68. The molecule has 0 aliphatic carbocycles. The normalized spacial score (nSPS) is 12.1. The molecule has 4 rings (SSSR count). The van der Waals surface area contributed by atoms with Crippen molar-refractivity contribution in [3.63, 3.8) is 0 Å². The second kappa shape index (κ2) is 10.5. The number of carbonyl (C=O) groups is 1. The molecule has 0 radical (unpaired) electrons. The van der Waals surface area contributed by atoms with Gasteiger partial charge in [-0.15, -0.1) is 5.10 Å². The van der Waals surface area contributed by atoms with Gasteiger partial charge in [0.15, 0.2) is 0 Å². The Kier molecular flexibility index (Phi) is 7.47. The zero-order valence-electron chi connectivity index (χ0n) is 17.5. The monoisotopic (exact) mass is 504 g/mol. The van der Waals surface area contributed by atoms with Crippen molar-refractivity contribution in [2.75, 3.05) is 6.61 Å². The summed E-state index contributed by atoms with van der Waals surface area (Å²) in [6, 6.07) is 13.6. The molecule has 1 atom stereocenters. The molecule has 0 amide bonds. The molecule has 0 spiro atoms. The third kappa shape index (κ3) is 5.46. The smallest absolute Gasteiger partial charge is 0.315 e. The Morgan fingerprint density at radius 1 is 1.21 bits per heavy atom. The summed E-state index contributed by atoms with van der Waals surface area (Å²) in [5, 5.41) is 5.92. The minimum absolute atomic E-state index is 0.00824. The molecule has 2 aromatic heterocycles. The Balaban J connectivity index is 1.67. The molecule has 4 aromatic rings. The number of carbonyl (C=O) groups excluding carboxylic acids is 1. The predicted octanol–water partition coefficient (Wildman–Crippen LogP) is 5.75. The maximum atomic E-state index is 14.5. The van der Waals surface area contributed by atoms with E-state index in [1.54, 1.807) is 25.3 Å². The first-order valence-electron chi connectivity index (χ1n) is 10.1. The average Bonchev–Trinajstić information content (AvgIpc) is 3.21. The topological polar surface area (TPSA) is 69.4 Å². The van der Waals surface area contributed by atoms with Crippen LogP contribution in [0.15, 0.2) is 59.9 Å². The van der Waals surface area contributed by atoms with E-state index < -0.39 is 17.7 Å². The molecule has 0 unspecified atom stereocenters. The molecule has 2 aromatic carbocycles. The molecule has 0 fully saturated rings. The van der Waals surface area contributed by atoms with E-state index in [0.717, 1.165) is 5.56 Å². The van der Waals surface area contributed by atoms with E-state index in [9.17, 15) is 9.18 Å². The quantitative estimate of drug-likeness (QED) is 0.224. The summed E-state index contributed by atoms with van der Waals surface area (Å²) >= 11 is 13.7. The SMILES string of the molecule is CCOC(=O)[C@H](Cc1c(F)cccc1Cl)c1ccnc2nc(SCc3cccc(Cl)c3)nn12. The van der Waals surface area contributed by atoms with Gasteiger partial charge in [0.05, 0.1) is 12.3 Å². The van der Waals surface area contributed by atoms with Gasteiger partial charge in [0.1, 0.15) is 11.7 Å². The van der Waals surface area contributed by atoms with E-state index in [-0.39, 0.29) is 23.6 Å². The summed E-state index contributed by atoms with van der Waals surface area (Å²) < 4.78 is 21.3. The summed E-state index contributed by atoms with van der Waals surface area (Å²) in [6.07, 6.45) is 1.55. The van der Waals surface area contributed by atoms with Gasteiger partial charge in [-0.2, -0.15) is 9.50 Å². The van der Waals surface area contributed by atoms with Crippen molar-refractivity contribution in [1.82, 2.24) is 19.6 Å². The fraction of sp³-hybridized carbons (Fsp3) is 0.217. The summed E-state index contributed by atoms with van der Waals surface area (Å²) in [4.78, 5) is 21.6. The highest BCUT2D eigenvalue weighted by atomic mass is 35.5. The molecular weight excluding hydrogens is 486 g/mol. The predicted molar refractivity (Wildman–Crippen MR) is 126 cm³/mol. The lowest BCUT2D eigenvalue weighted by molar-refractivity contribution is -0.145. The zero-order chi connectivity index (χ0) is 23.4. The number of benzene rings is 2. The van der Waals surface area contributed by atoms with Crippen molar-refractivity contribution in [1.29, 1.82) is 0 Å². The standard InChI is InChI=1S/C23H19Cl2FN4O2S/c1-2-32-21(31)17(12-16-18(25)7-4-8-19(16)26)20-9-10-27-22-28-23(29-30(20)22)33-13-14-5-3-6-15(24)11-14/h3-11,17H,2,12-13H2,1H3/t17-/m1/s1. The van der Waals surface area contributed by atoms with Crippen LogP contribution in [0.25, 0.3) is 5.78 Å². The van der Waals surface area contributed by atoms with E-state index >= 15 is 0 Å². The van der Waals surface area contributed by atoms with Crippen LogP contribution in [0.2, 0.25) is 10.0 Å². The lowest BCUT2D eigenvalue weighted by atomic mass is 9.95. The maximum Gasteiger partial charge on any atom is 0.315 e. The van der Waals surface area contributed by atoms with Crippen LogP contribution in [0, 0.1) is 5.82 Å². The number of aromatic nitrogens is 4. The van der Waals surface area contributed by atoms with Gasteiger partial charge in [-0.25, -0.2) is 9.37 Å². The second-order valence-corrected chi connectivity index (χ2v) is 8.89. The zero-order valence-corrected chi connectivity index (χ0v) is 19.9. The largest absolute Gasteiger partial charge is 0.465 e. The van der Waals surface area contributed by atoms with Gasteiger partial charge in [-0.05, 0) is 49.2 Å². The first kappa shape index (κ1) is 23.5. The fourth-order valence-electron chi connectivity index (χ4n) is 3.38. The van der Waals surface area contributed by atoms with Gasteiger partial charge in [-0.1, -0.05) is 53.2 Å². The number of halogens is 3. The highest BCUT2D eigenvalue weighted by Crippen LogP contribution is 2.29. The third-order valence-electron chi connectivity index (χ3n) is 4.91. The van der Waals surface area contributed by atoms with Crippen LogP contribution in [-0.2, 0) is 21.7 Å². The molecule has 0 saturated carbocycles. The van der Waals surface area contributed by atoms with E-state index in [0.29, 0.717) is 27.4 Å². The highest BCUT2D eigenvalue weighted by molar-refractivity contribution is 7.98. The van der Waals surface area contributed by atoms with E-state index in [2.05, 4.69) is 15.1 Å². The fourth-order valence-corrected chi connectivity index (χ4v) is 4.59. The van der Waals surface area contributed by atoms with Gasteiger partial charge in [0.25, 0.3) is 5.78 Å². The molecule has 33 heavy (non-hydrogen) atoms. The van der Waals surface area contributed by atoms with Crippen molar-refractivity contribution in [3.8, 4) is 0 Å². The number of hydrogen-bond acceptors (Lipinski definition) is 6. The number of hydrogen-bond donors (Lipinski definition) is 0. The first-order chi connectivity index (χ1) is 16.0.